The van der Waals surface area contributed by atoms with Crippen LogP contribution in [0, 0.1) is 6.92 Å². The molecule has 0 saturated heterocycles. The highest BCUT2D eigenvalue weighted by Gasteiger charge is 2.29. The third kappa shape index (κ3) is 3.53. The zero-order valence-corrected chi connectivity index (χ0v) is 19.7. The largest absolute Gasteiger partial charge is 0.301 e. The van der Waals surface area contributed by atoms with Gasteiger partial charge in [0.25, 0.3) is 0 Å². The molecule has 1 N–H and O–H groups in total. The number of aromatic nitrogens is 3. The molecule has 6 rings (SSSR count). The van der Waals surface area contributed by atoms with Crippen molar-refractivity contribution in [1.82, 2.24) is 14.8 Å². The fourth-order valence-corrected chi connectivity index (χ4v) is 4.95. The molecule has 0 radical (unpaired) electrons. The van der Waals surface area contributed by atoms with Gasteiger partial charge < -0.3 is 0 Å². The van der Waals surface area contributed by atoms with Crippen molar-refractivity contribution in [3.05, 3.63) is 116 Å². The molecule has 5 aromatic rings. The van der Waals surface area contributed by atoms with Gasteiger partial charge >= 0.3 is 5.56 Å². The fourth-order valence-electron chi connectivity index (χ4n) is 4.16. The van der Waals surface area contributed by atoms with E-state index in [2.05, 4.69) is 20.3 Å². The van der Waals surface area contributed by atoms with Crippen LogP contribution >= 0.6 is 11.3 Å². The molecule has 0 bridgehead atoms. The molecule has 0 unspecified atom stereocenters. The molecule has 1 aliphatic carbocycles. The second-order valence-corrected chi connectivity index (χ2v) is 9.08. The molecule has 2 aromatic heterocycles. The Kier molecular flexibility index (Phi) is 5.12. The molecule has 0 fully saturated rings. The van der Waals surface area contributed by atoms with Crippen molar-refractivity contribution in [2.45, 2.75) is 6.92 Å². The van der Waals surface area contributed by atoms with Crippen molar-refractivity contribution in [2.24, 2.45) is 10.2 Å². The van der Waals surface area contributed by atoms with E-state index in [-0.39, 0.29) is 28.4 Å². The number of benzene rings is 3. The van der Waals surface area contributed by atoms with Crippen LogP contribution in [-0.2, 0) is 0 Å². The van der Waals surface area contributed by atoms with E-state index in [1.54, 1.807) is 43.3 Å². The van der Waals surface area contributed by atoms with Crippen LogP contribution in [0.1, 0.15) is 37.5 Å². The zero-order valence-electron chi connectivity index (χ0n) is 18.9. The zero-order chi connectivity index (χ0) is 24.8. The number of hydrogen-bond acceptors (Lipinski definition) is 7. The standard InChI is InChI=1S/C27H17N5O3S/c1-15-23(26(35)32(31-15)27-28-22(14-36-27)16-7-3-2-4-8-16)30-29-17-11-12-20-21(13-17)25(34)19-10-6-5-9-18(19)24(20)33/h2-14,31H,1H3. The summed E-state index contributed by atoms with van der Waals surface area (Å²) in [6.45, 7) is 1.73. The summed E-state index contributed by atoms with van der Waals surface area (Å²) in [5, 5.41) is 13.7. The van der Waals surface area contributed by atoms with Gasteiger partial charge in [-0.05, 0) is 25.1 Å². The summed E-state index contributed by atoms with van der Waals surface area (Å²) in [5.74, 6) is -0.443. The van der Waals surface area contributed by atoms with Crippen molar-refractivity contribution >= 4 is 34.3 Å². The molecule has 36 heavy (non-hydrogen) atoms. The predicted octanol–water partition coefficient (Wildman–Crippen LogP) is 5.79. The summed E-state index contributed by atoms with van der Waals surface area (Å²) >= 11 is 1.34. The Bertz CT molecular complexity index is 1760. The summed E-state index contributed by atoms with van der Waals surface area (Å²) in [4.78, 5) is 43.4. The van der Waals surface area contributed by atoms with E-state index in [0.717, 1.165) is 11.3 Å². The lowest BCUT2D eigenvalue weighted by atomic mass is 9.84. The van der Waals surface area contributed by atoms with Gasteiger partial charge in [0.2, 0.25) is 5.13 Å². The lowest BCUT2D eigenvalue weighted by Gasteiger charge is -2.17. The molecule has 0 aliphatic heterocycles. The summed E-state index contributed by atoms with van der Waals surface area (Å²) in [6, 6.07) is 21.2. The van der Waals surface area contributed by atoms with Crippen molar-refractivity contribution < 1.29 is 9.59 Å². The van der Waals surface area contributed by atoms with Crippen LogP contribution in [0.2, 0.25) is 0 Å². The van der Waals surface area contributed by atoms with Crippen LogP contribution in [0.4, 0.5) is 11.4 Å². The maximum Gasteiger partial charge on any atom is 0.301 e. The molecule has 0 spiro atoms. The van der Waals surface area contributed by atoms with Crippen LogP contribution < -0.4 is 5.56 Å². The van der Waals surface area contributed by atoms with Gasteiger partial charge in [-0.2, -0.15) is 9.80 Å². The average Bonchev–Trinajstić information content (AvgIpc) is 3.51. The number of nitrogens with zero attached hydrogens (tertiary/aromatic N) is 4. The van der Waals surface area contributed by atoms with Gasteiger partial charge in [0.05, 0.1) is 17.1 Å². The first-order valence-electron chi connectivity index (χ1n) is 11.1. The minimum absolute atomic E-state index is 0.136. The summed E-state index contributed by atoms with van der Waals surface area (Å²) in [6.07, 6.45) is 0. The quantitative estimate of drug-likeness (QED) is 0.315. The SMILES string of the molecule is Cc1[nH]n(-c2nc(-c3ccccc3)cs2)c(=O)c1N=Nc1ccc2c(c1)C(=O)c1ccccc1C2=O. The molecule has 2 heterocycles. The van der Waals surface area contributed by atoms with E-state index < -0.39 is 0 Å². The number of nitrogens with one attached hydrogen (secondary N) is 1. The number of aromatic amines is 1. The fraction of sp³-hybridized carbons (Fsp3) is 0.0370. The first kappa shape index (κ1) is 21.8. The van der Waals surface area contributed by atoms with E-state index in [1.807, 2.05) is 35.7 Å². The second-order valence-electron chi connectivity index (χ2n) is 8.24. The Balaban J connectivity index is 1.32. The highest BCUT2D eigenvalue weighted by Crippen LogP contribution is 2.31. The second kappa shape index (κ2) is 8.47. The Morgan fingerprint density at radius 3 is 2.22 bits per heavy atom. The molecular formula is C27H17N5O3S. The summed E-state index contributed by atoms with van der Waals surface area (Å²) in [7, 11) is 0. The molecule has 3 aromatic carbocycles. The first-order valence-corrected chi connectivity index (χ1v) is 12.0. The van der Waals surface area contributed by atoms with Gasteiger partial charge in [0.1, 0.15) is 0 Å². The topological polar surface area (TPSA) is 110 Å². The van der Waals surface area contributed by atoms with E-state index in [0.29, 0.717) is 33.2 Å². The Morgan fingerprint density at radius 2 is 1.47 bits per heavy atom. The number of H-pyrrole nitrogens is 1. The van der Waals surface area contributed by atoms with Crippen molar-refractivity contribution in [3.8, 4) is 16.4 Å². The number of carbonyl (C=O) groups is 2. The minimum atomic E-state index is -0.386. The van der Waals surface area contributed by atoms with Gasteiger partial charge in [0, 0.05) is 33.2 Å². The molecule has 174 valence electrons. The van der Waals surface area contributed by atoms with Gasteiger partial charge in [-0.25, -0.2) is 4.98 Å². The Hall–Kier alpha value is -4.76. The maximum absolute atomic E-state index is 13.1. The number of fused-ring (bicyclic) bond motifs is 2. The predicted molar refractivity (Wildman–Crippen MR) is 136 cm³/mol. The van der Waals surface area contributed by atoms with Crippen LogP contribution in [-0.4, -0.2) is 26.3 Å². The molecule has 1 aliphatic rings. The minimum Gasteiger partial charge on any atom is -0.291 e. The Morgan fingerprint density at radius 1 is 0.806 bits per heavy atom. The lowest BCUT2D eigenvalue weighted by Crippen LogP contribution is -2.20. The monoisotopic (exact) mass is 491 g/mol. The van der Waals surface area contributed by atoms with Crippen LogP contribution in [0.5, 0.6) is 0 Å². The molecule has 8 nitrogen and oxygen atoms in total. The molecule has 0 saturated carbocycles. The molecular weight excluding hydrogens is 474 g/mol. The van der Waals surface area contributed by atoms with Crippen LogP contribution in [0.15, 0.2) is 93.2 Å². The highest BCUT2D eigenvalue weighted by molar-refractivity contribution is 7.12. The van der Waals surface area contributed by atoms with Crippen molar-refractivity contribution in [3.63, 3.8) is 0 Å². The van der Waals surface area contributed by atoms with Crippen LogP contribution in [0.3, 0.4) is 0 Å². The van der Waals surface area contributed by atoms with Gasteiger partial charge in [0.15, 0.2) is 17.3 Å². The molecule has 0 atom stereocenters. The maximum atomic E-state index is 13.1. The first-order chi connectivity index (χ1) is 17.5. The highest BCUT2D eigenvalue weighted by atomic mass is 32.1. The van der Waals surface area contributed by atoms with E-state index in [1.165, 1.54) is 22.1 Å². The van der Waals surface area contributed by atoms with Crippen molar-refractivity contribution in [2.75, 3.05) is 0 Å². The van der Waals surface area contributed by atoms with Gasteiger partial charge in [-0.3, -0.25) is 19.5 Å². The number of azo groups is 1. The summed E-state index contributed by atoms with van der Waals surface area (Å²) < 4.78 is 1.34. The number of carbonyl (C=O) groups excluding carboxylic acids is 2. The smallest absolute Gasteiger partial charge is 0.291 e. The summed E-state index contributed by atoms with van der Waals surface area (Å²) in [5.41, 5.74) is 3.73. The normalized spacial score (nSPS) is 12.7. The number of ketones is 2. The van der Waals surface area contributed by atoms with E-state index in [9.17, 15) is 14.4 Å². The third-order valence-electron chi connectivity index (χ3n) is 5.97. The lowest BCUT2D eigenvalue weighted by molar-refractivity contribution is 0.0979. The van der Waals surface area contributed by atoms with Gasteiger partial charge in [-0.1, -0.05) is 54.6 Å². The van der Waals surface area contributed by atoms with E-state index in [4.69, 9.17) is 0 Å². The van der Waals surface area contributed by atoms with Crippen LogP contribution in [0.25, 0.3) is 16.4 Å². The van der Waals surface area contributed by atoms with Crippen molar-refractivity contribution in [1.29, 1.82) is 0 Å². The van der Waals surface area contributed by atoms with Gasteiger partial charge in [-0.15, -0.1) is 16.5 Å². The third-order valence-corrected chi connectivity index (χ3v) is 6.79. The number of thiazole rings is 1. The molecule has 9 heteroatoms. The number of rotatable bonds is 4. The van der Waals surface area contributed by atoms with E-state index >= 15 is 0 Å². The molecule has 0 amide bonds. The number of aryl methyl sites for hydroxylation is 1. The average molecular weight is 492 g/mol. The number of hydrogen-bond donors (Lipinski definition) is 1. The Labute approximate surface area is 208 Å².